The molecule has 3 rings (SSSR count). The zero-order valence-corrected chi connectivity index (χ0v) is 16.5. The van der Waals surface area contributed by atoms with Gasteiger partial charge in [-0.15, -0.1) is 0 Å². The largest absolute Gasteiger partial charge is 0.497 e. The molecule has 0 saturated heterocycles. The number of amides is 2. The summed E-state index contributed by atoms with van der Waals surface area (Å²) in [4.78, 5) is 27.5. The van der Waals surface area contributed by atoms with E-state index in [4.69, 9.17) is 4.74 Å². The number of fused-ring (bicyclic) bond motifs is 1. The van der Waals surface area contributed by atoms with Gasteiger partial charge in [0.15, 0.2) is 0 Å². The summed E-state index contributed by atoms with van der Waals surface area (Å²) in [6.45, 7) is 1.37. The van der Waals surface area contributed by atoms with Crippen molar-refractivity contribution in [3.05, 3.63) is 60.3 Å². The molecule has 2 aromatic carbocycles. The van der Waals surface area contributed by atoms with Crippen LogP contribution in [-0.2, 0) is 14.8 Å². The van der Waals surface area contributed by atoms with Gasteiger partial charge in [-0.25, -0.2) is 8.42 Å². The van der Waals surface area contributed by atoms with Crippen molar-refractivity contribution in [2.45, 2.75) is 17.9 Å². The zero-order valence-electron chi connectivity index (χ0n) is 15.7. The predicted molar refractivity (Wildman–Crippen MR) is 107 cm³/mol. The Balaban J connectivity index is 1.60. The summed E-state index contributed by atoms with van der Waals surface area (Å²) in [5, 5.41) is 0.701. The summed E-state index contributed by atoms with van der Waals surface area (Å²) in [6, 6.07) is 11.8. The second-order valence-corrected chi connectivity index (χ2v) is 7.92. The number of hydrogen-bond acceptors (Lipinski definition) is 5. The Morgan fingerprint density at radius 3 is 2.41 bits per heavy atom. The number of nitrogens with one attached hydrogen (secondary N) is 4. The summed E-state index contributed by atoms with van der Waals surface area (Å²) < 4.78 is 32.0. The Bertz CT molecular complexity index is 1140. The van der Waals surface area contributed by atoms with Crippen molar-refractivity contribution in [1.82, 2.24) is 20.6 Å². The quantitative estimate of drug-likeness (QED) is 0.450. The lowest BCUT2D eigenvalue weighted by Gasteiger charge is -2.15. The van der Waals surface area contributed by atoms with E-state index in [1.807, 2.05) is 12.1 Å². The van der Waals surface area contributed by atoms with E-state index in [1.165, 1.54) is 44.5 Å². The Morgan fingerprint density at radius 1 is 1.03 bits per heavy atom. The van der Waals surface area contributed by atoms with Crippen LogP contribution in [0.3, 0.4) is 0 Å². The molecule has 0 spiro atoms. The number of ether oxygens (including phenoxy) is 1. The molecule has 0 bridgehead atoms. The number of aromatic nitrogens is 1. The number of hydrogen-bond donors (Lipinski definition) is 4. The van der Waals surface area contributed by atoms with Crippen molar-refractivity contribution >= 4 is 32.7 Å². The highest BCUT2D eigenvalue weighted by Crippen LogP contribution is 2.17. The minimum atomic E-state index is -3.92. The molecular formula is C19H20N4O5S. The highest BCUT2D eigenvalue weighted by atomic mass is 32.2. The predicted octanol–water partition coefficient (Wildman–Crippen LogP) is 1.30. The Kier molecular flexibility index (Phi) is 5.85. The average molecular weight is 416 g/mol. The molecule has 0 aliphatic heterocycles. The van der Waals surface area contributed by atoms with Crippen molar-refractivity contribution in [3.8, 4) is 5.75 Å². The fourth-order valence-electron chi connectivity index (χ4n) is 2.66. The minimum absolute atomic E-state index is 0.0132. The van der Waals surface area contributed by atoms with Crippen LogP contribution in [0.25, 0.3) is 10.9 Å². The van der Waals surface area contributed by atoms with E-state index >= 15 is 0 Å². The third-order valence-corrected chi connectivity index (χ3v) is 5.78. The van der Waals surface area contributed by atoms with Gasteiger partial charge in [0.05, 0.1) is 23.6 Å². The van der Waals surface area contributed by atoms with Gasteiger partial charge in [-0.2, -0.15) is 4.72 Å². The first-order valence-electron chi connectivity index (χ1n) is 8.64. The third-order valence-electron chi connectivity index (χ3n) is 4.23. The van der Waals surface area contributed by atoms with E-state index in [2.05, 4.69) is 20.6 Å². The maximum absolute atomic E-state index is 12.4. The van der Waals surface area contributed by atoms with Gasteiger partial charge in [-0.3, -0.25) is 20.4 Å². The van der Waals surface area contributed by atoms with Crippen molar-refractivity contribution in [3.63, 3.8) is 0 Å². The van der Waals surface area contributed by atoms with Gasteiger partial charge in [-0.1, -0.05) is 18.2 Å². The van der Waals surface area contributed by atoms with Crippen LogP contribution in [-0.4, -0.2) is 38.4 Å². The number of hydrazine groups is 1. The lowest BCUT2D eigenvalue weighted by molar-refractivity contribution is -0.123. The van der Waals surface area contributed by atoms with Crippen LogP contribution in [0.1, 0.15) is 17.3 Å². The number of H-pyrrole nitrogens is 1. The monoisotopic (exact) mass is 416 g/mol. The Hall–Kier alpha value is -3.37. The van der Waals surface area contributed by atoms with Crippen molar-refractivity contribution in [2.75, 3.05) is 7.11 Å². The van der Waals surface area contributed by atoms with E-state index < -0.39 is 27.9 Å². The molecule has 1 aromatic heterocycles. The topological polar surface area (TPSA) is 129 Å². The highest BCUT2D eigenvalue weighted by Gasteiger charge is 2.23. The van der Waals surface area contributed by atoms with Gasteiger partial charge in [0.25, 0.3) is 11.8 Å². The first-order valence-corrected chi connectivity index (χ1v) is 10.1. The fourth-order valence-corrected chi connectivity index (χ4v) is 3.87. The summed E-state index contributed by atoms with van der Waals surface area (Å²) in [5.74, 6) is -0.731. The normalized spacial score (nSPS) is 12.3. The lowest BCUT2D eigenvalue weighted by Crippen LogP contribution is -2.51. The number of aromatic amines is 1. The van der Waals surface area contributed by atoms with E-state index in [0.717, 1.165) is 5.52 Å². The Labute approximate surface area is 167 Å². The molecule has 29 heavy (non-hydrogen) atoms. The summed E-state index contributed by atoms with van der Waals surface area (Å²) in [5.41, 5.74) is 5.65. The standard InChI is InChI=1S/C19H20N4O5S/c1-12(23-29(26,27)14-9-7-13(28-2)8-10-14)18(24)21-22-19(25)16-11-20-17-6-4-3-5-15(16)17/h3-12,20,23H,1-2H3,(H,21,24)(H,22,25)/t12-/m0/s1. The number of benzene rings is 2. The van der Waals surface area contributed by atoms with Gasteiger partial charge >= 0.3 is 0 Å². The number of rotatable bonds is 6. The molecule has 0 unspecified atom stereocenters. The van der Waals surface area contributed by atoms with Crippen LogP contribution in [0.4, 0.5) is 0 Å². The van der Waals surface area contributed by atoms with E-state index in [9.17, 15) is 18.0 Å². The SMILES string of the molecule is COc1ccc(S(=O)(=O)N[C@@H](C)C(=O)NNC(=O)c2c[nH]c3ccccc23)cc1. The smallest absolute Gasteiger partial charge is 0.271 e. The van der Waals surface area contributed by atoms with Crippen molar-refractivity contribution in [1.29, 1.82) is 0 Å². The fraction of sp³-hybridized carbons (Fsp3) is 0.158. The van der Waals surface area contributed by atoms with Crippen LogP contribution >= 0.6 is 0 Å². The van der Waals surface area contributed by atoms with Crippen LogP contribution in [0.2, 0.25) is 0 Å². The first-order chi connectivity index (χ1) is 13.8. The van der Waals surface area contributed by atoms with Gasteiger partial charge < -0.3 is 9.72 Å². The molecule has 1 atom stereocenters. The average Bonchev–Trinajstić information content (AvgIpc) is 3.15. The van der Waals surface area contributed by atoms with Crippen LogP contribution in [0, 0.1) is 0 Å². The van der Waals surface area contributed by atoms with E-state index in [0.29, 0.717) is 16.7 Å². The van der Waals surface area contributed by atoms with Crippen LogP contribution in [0.15, 0.2) is 59.6 Å². The van der Waals surface area contributed by atoms with E-state index in [-0.39, 0.29) is 4.90 Å². The molecule has 2 amide bonds. The summed E-state index contributed by atoms with van der Waals surface area (Å²) >= 11 is 0. The molecule has 0 aliphatic carbocycles. The zero-order chi connectivity index (χ0) is 21.0. The molecule has 3 aromatic rings. The number of sulfonamides is 1. The van der Waals surface area contributed by atoms with Gasteiger partial charge in [0, 0.05) is 17.1 Å². The maximum atomic E-state index is 12.4. The van der Waals surface area contributed by atoms with Gasteiger partial charge in [0.2, 0.25) is 10.0 Å². The van der Waals surface area contributed by atoms with E-state index in [1.54, 1.807) is 12.1 Å². The molecule has 1 heterocycles. The van der Waals surface area contributed by atoms with Crippen molar-refractivity contribution < 1.29 is 22.7 Å². The molecule has 9 nitrogen and oxygen atoms in total. The molecule has 4 N–H and O–H groups in total. The third kappa shape index (κ3) is 4.55. The molecule has 0 fully saturated rings. The first kappa shape index (κ1) is 20.4. The number of carbonyl (C=O) groups excluding carboxylic acids is 2. The maximum Gasteiger partial charge on any atom is 0.271 e. The number of methoxy groups -OCH3 is 1. The molecule has 0 aliphatic rings. The van der Waals surface area contributed by atoms with Crippen LogP contribution in [0.5, 0.6) is 5.75 Å². The van der Waals surface area contributed by atoms with Crippen molar-refractivity contribution in [2.24, 2.45) is 0 Å². The van der Waals surface area contributed by atoms with Crippen LogP contribution < -0.4 is 20.3 Å². The summed E-state index contributed by atoms with van der Waals surface area (Å²) in [7, 11) is -2.45. The lowest BCUT2D eigenvalue weighted by atomic mass is 10.2. The Morgan fingerprint density at radius 2 is 1.72 bits per heavy atom. The number of para-hydroxylation sites is 1. The van der Waals surface area contributed by atoms with Gasteiger partial charge in [0.1, 0.15) is 5.75 Å². The molecule has 10 heteroatoms. The second-order valence-electron chi connectivity index (χ2n) is 6.21. The highest BCUT2D eigenvalue weighted by molar-refractivity contribution is 7.89. The molecule has 0 radical (unpaired) electrons. The molecule has 0 saturated carbocycles. The summed E-state index contributed by atoms with van der Waals surface area (Å²) in [6.07, 6.45) is 1.53. The molecular weight excluding hydrogens is 396 g/mol. The van der Waals surface area contributed by atoms with Gasteiger partial charge in [-0.05, 0) is 37.3 Å². The second kappa shape index (κ2) is 8.33. The molecule has 152 valence electrons. The minimum Gasteiger partial charge on any atom is -0.497 e. The number of carbonyl (C=O) groups is 2.